The first kappa shape index (κ1) is 21.4. The Bertz CT molecular complexity index is 991. The van der Waals surface area contributed by atoms with E-state index in [2.05, 4.69) is 21.2 Å². The maximum absolute atomic E-state index is 12.9. The molecule has 3 rings (SSSR count). The second kappa shape index (κ2) is 8.99. The van der Waals surface area contributed by atoms with Crippen LogP contribution in [0, 0.1) is 0 Å². The zero-order valence-electron chi connectivity index (χ0n) is 16.0. The molecule has 0 radical (unpaired) electrons. The van der Waals surface area contributed by atoms with Crippen LogP contribution in [-0.2, 0) is 4.79 Å². The number of halogens is 2. The van der Waals surface area contributed by atoms with E-state index in [0.29, 0.717) is 27.6 Å². The number of amides is 1. The summed E-state index contributed by atoms with van der Waals surface area (Å²) >= 11 is 9.52. The van der Waals surface area contributed by atoms with Crippen molar-refractivity contribution in [3.63, 3.8) is 0 Å². The number of aliphatic hydroxyl groups excluding tert-OH is 1. The largest absolute Gasteiger partial charge is 0.478 e. The second-order valence-electron chi connectivity index (χ2n) is 7.07. The van der Waals surface area contributed by atoms with E-state index in [4.69, 9.17) is 16.3 Å². The van der Waals surface area contributed by atoms with Crippen LogP contribution in [0.15, 0.2) is 77.3 Å². The van der Waals surface area contributed by atoms with Gasteiger partial charge in [-0.1, -0.05) is 57.9 Å². The lowest BCUT2D eigenvalue weighted by molar-refractivity contribution is -0.128. The third-order valence-corrected chi connectivity index (χ3v) is 5.17. The molecule has 1 amide bonds. The van der Waals surface area contributed by atoms with Crippen LogP contribution >= 0.6 is 27.5 Å². The topological polar surface area (TPSA) is 58.6 Å². The molecule has 0 spiro atoms. The zero-order valence-corrected chi connectivity index (χ0v) is 18.4. The van der Waals surface area contributed by atoms with Crippen molar-refractivity contribution in [3.8, 4) is 5.75 Å². The number of ether oxygens (including phenoxy) is 1. The van der Waals surface area contributed by atoms with Crippen molar-refractivity contribution in [2.45, 2.75) is 25.6 Å². The van der Waals surface area contributed by atoms with Crippen LogP contribution in [0.2, 0.25) is 5.02 Å². The molecule has 0 bridgehead atoms. The van der Waals surface area contributed by atoms with Crippen molar-refractivity contribution in [1.82, 2.24) is 0 Å². The molecule has 0 fully saturated rings. The number of carbonyl (C=O) groups is 1. The second-order valence-corrected chi connectivity index (χ2v) is 8.42. The molecule has 2 N–H and O–H groups in total. The normalized spacial score (nSPS) is 12.3. The number of benzene rings is 3. The van der Waals surface area contributed by atoms with Crippen molar-refractivity contribution in [1.29, 1.82) is 0 Å². The molecular formula is C23H21BrClNO3. The first-order valence-electron chi connectivity index (χ1n) is 9.05. The van der Waals surface area contributed by atoms with Gasteiger partial charge in [-0.15, -0.1) is 0 Å². The highest BCUT2D eigenvalue weighted by Crippen LogP contribution is 2.32. The average molecular weight is 475 g/mol. The lowest BCUT2D eigenvalue weighted by Crippen LogP contribution is -2.42. The van der Waals surface area contributed by atoms with Crippen molar-refractivity contribution in [2.75, 3.05) is 5.32 Å². The van der Waals surface area contributed by atoms with Crippen LogP contribution in [0.1, 0.15) is 31.1 Å². The molecule has 0 aliphatic heterocycles. The highest BCUT2D eigenvalue weighted by atomic mass is 79.9. The summed E-state index contributed by atoms with van der Waals surface area (Å²) in [5.74, 6) is 0.234. The summed E-state index contributed by atoms with van der Waals surface area (Å²) in [5, 5.41) is 14.2. The van der Waals surface area contributed by atoms with E-state index in [9.17, 15) is 9.90 Å². The van der Waals surface area contributed by atoms with Gasteiger partial charge in [0.1, 0.15) is 11.9 Å². The highest BCUT2D eigenvalue weighted by molar-refractivity contribution is 9.10. The van der Waals surface area contributed by atoms with Crippen molar-refractivity contribution >= 4 is 39.1 Å². The summed E-state index contributed by atoms with van der Waals surface area (Å²) in [7, 11) is 0. The minimum atomic E-state index is -1.14. The Morgan fingerprint density at radius 3 is 2.38 bits per heavy atom. The number of hydrogen-bond acceptors (Lipinski definition) is 3. The predicted molar refractivity (Wildman–Crippen MR) is 119 cm³/mol. The molecule has 0 saturated carbocycles. The fraction of sp³-hybridized carbons (Fsp3) is 0.174. The van der Waals surface area contributed by atoms with Crippen LogP contribution in [0.3, 0.4) is 0 Å². The van der Waals surface area contributed by atoms with Crippen molar-refractivity contribution in [2.24, 2.45) is 0 Å². The minimum absolute atomic E-state index is 0.343. The van der Waals surface area contributed by atoms with E-state index < -0.39 is 11.7 Å². The third kappa shape index (κ3) is 5.38. The van der Waals surface area contributed by atoms with Crippen LogP contribution in [0.25, 0.3) is 0 Å². The summed E-state index contributed by atoms with van der Waals surface area (Å²) in [6.45, 7) is 3.38. The molecule has 6 heteroatoms. The first-order valence-corrected chi connectivity index (χ1v) is 10.2. The summed E-state index contributed by atoms with van der Waals surface area (Å²) in [6, 6.07) is 21.4. The summed E-state index contributed by atoms with van der Waals surface area (Å²) in [4.78, 5) is 12.9. The number of anilines is 1. The molecule has 1 atom stereocenters. The molecule has 3 aromatic carbocycles. The van der Waals surface area contributed by atoms with E-state index in [1.165, 1.54) is 0 Å². The minimum Gasteiger partial charge on any atom is -0.478 e. The van der Waals surface area contributed by atoms with Gasteiger partial charge in [0.25, 0.3) is 5.91 Å². The molecule has 0 aliphatic rings. The lowest BCUT2D eigenvalue weighted by Gasteiger charge is -2.26. The Hall–Kier alpha value is -2.34. The van der Waals surface area contributed by atoms with Crippen LogP contribution < -0.4 is 10.1 Å². The summed E-state index contributed by atoms with van der Waals surface area (Å²) in [5.41, 5.74) is 0.554. The number of nitrogens with one attached hydrogen (secondary N) is 1. The van der Waals surface area contributed by atoms with E-state index in [-0.39, 0.29) is 5.91 Å². The van der Waals surface area contributed by atoms with E-state index >= 15 is 0 Å². The van der Waals surface area contributed by atoms with Crippen LogP contribution in [0.5, 0.6) is 5.75 Å². The van der Waals surface area contributed by atoms with Gasteiger partial charge in [-0.25, -0.2) is 0 Å². The Balaban J connectivity index is 1.83. The number of rotatable bonds is 6. The number of carbonyl (C=O) groups excluding carboxylic acids is 1. The molecule has 0 heterocycles. The predicted octanol–water partition coefficient (Wildman–Crippen LogP) is 5.98. The van der Waals surface area contributed by atoms with Gasteiger partial charge in [-0.3, -0.25) is 4.79 Å². The molecule has 29 heavy (non-hydrogen) atoms. The van der Waals surface area contributed by atoms with Gasteiger partial charge in [0.2, 0.25) is 0 Å². The van der Waals surface area contributed by atoms with Gasteiger partial charge in [-0.2, -0.15) is 0 Å². The van der Waals surface area contributed by atoms with Gasteiger partial charge < -0.3 is 15.2 Å². The van der Waals surface area contributed by atoms with Crippen LogP contribution in [-0.4, -0.2) is 16.6 Å². The number of aliphatic hydroxyl groups is 1. The Morgan fingerprint density at radius 2 is 1.72 bits per heavy atom. The van der Waals surface area contributed by atoms with Gasteiger partial charge in [0.15, 0.2) is 5.60 Å². The Morgan fingerprint density at radius 1 is 1.07 bits per heavy atom. The quantitative estimate of drug-likeness (QED) is 0.462. The standard InChI is InChI=1S/C23H21BrClNO3/c1-23(2,29-18-11-8-16(24)9-12-18)22(28)26-20-13-10-17(25)14-19(20)21(27)15-6-4-3-5-7-15/h3-14,21,27H,1-2H3,(H,26,28)/t21-/m1/s1. The fourth-order valence-electron chi connectivity index (χ4n) is 2.80. The number of hydrogen-bond donors (Lipinski definition) is 2. The van der Waals surface area contributed by atoms with E-state index in [1.54, 1.807) is 44.2 Å². The Kier molecular flexibility index (Phi) is 6.63. The van der Waals surface area contributed by atoms with Gasteiger partial charge in [0, 0.05) is 20.7 Å². The first-order chi connectivity index (χ1) is 13.8. The maximum atomic E-state index is 12.9. The van der Waals surface area contributed by atoms with Crippen LogP contribution in [0.4, 0.5) is 5.69 Å². The molecule has 0 unspecified atom stereocenters. The maximum Gasteiger partial charge on any atom is 0.267 e. The molecule has 3 aromatic rings. The highest BCUT2D eigenvalue weighted by Gasteiger charge is 2.31. The van der Waals surface area contributed by atoms with Crippen molar-refractivity contribution in [3.05, 3.63) is 93.4 Å². The van der Waals surface area contributed by atoms with E-state index in [0.717, 1.165) is 4.47 Å². The molecule has 150 valence electrons. The molecule has 0 aromatic heterocycles. The molecule has 4 nitrogen and oxygen atoms in total. The third-order valence-electron chi connectivity index (χ3n) is 4.41. The zero-order chi connectivity index (χ0) is 21.0. The summed E-state index contributed by atoms with van der Waals surface area (Å²) < 4.78 is 6.80. The average Bonchev–Trinajstić information content (AvgIpc) is 2.71. The summed E-state index contributed by atoms with van der Waals surface area (Å²) in [6.07, 6.45) is -0.930. The van der Waals surface area contributed by atoms with Gasteiger partial charge in [-0.05, 0) is 61.9 Å². The Labute approximate surface area is 183 Å². The fourth-order valence-corrected chi connectivity index (χ4v) is 3.25. The SMILES string of the molecule is CC(C)(Oc1ccc(Br)cc1)C(=O)Nc1ccc(Cl)cc1[C@H](O)c1ccccc1. The van der Waals surface area contributed by atoms with Gasteiger partial charge in [0.05, 0.1) is 0 Å². The molecular weight excluding hydrogens is 454 g/mol. The van der Waals surface area contributed by atoms with E-state index in [1.807, 2.05) is 42.5 Å². The molecule has 0 aliphatic carbocycles. The van der Waals surface area contributed by atoms with Crippen molar-refractivity contribution < 1.29 is 14.6 Å². The smallest absolute Gasteiger partial charge is 0.267 e. The molecule has 0 saturated heterocycles. The lowest BCUT2D eigenvalue weighted by atomic mass is 9.99. The van der Waals surface area contributed by atoms with Gasteiger partial charge >= 0.3 is 0 Å². The monoisotopic (exact) mass is 473 g/mol.